The number of amides is 1. The Hall–Kier alpha value is -4.87. The number of piperidine rings is 1. The summed E-state index contributed by atoms with van der Waals surface area (Å²) < 4.78 is 19.6. The molecule has 44 heavy (non-hydrogen) atoms. The Morgan fingerprint density at radius 2 is 1.93 bits per heavy atom. The maximum Gasteiger partial charge on any atom is 0.255 e. The van der Waals surface area contributed by atoms with Crippen LogP contribution in [0, 0.1) is 11.7 Å². The number of anilines is 2. The number of nitrogens with one attached hydrogen (secondary N) is 2. The van der Waals surface area contributed by atoms with Gasteiger partial charge in [-0.15, -0.1) is 0 Å². The Morgan fingerprint density at radius 1 is 1.09 bits per heavy atom. The largest absolute Gasteiger partial charge is 0.494 e. The molecule has 11 heteroatoms. The fraction of sp³-hybridized carbons (Fsp3) is 0.273. The quantitative estimate of drug-likeness (QED) is 0.163. The lowest BCUT2D eigenvalue weighted by Crippen LogP contribution is -2.35. The monoisotopic (exact) mass is 595 g/mol. The Labute approximate surface area is 254 Å². The number of ether oxygens (including phenoxy) is 1. The standard InChI is InChI=1S/C33H34FN7O3/c34-24-5-2-6-25(18-24)37-33(43)23-8-9-27-28(17-23)40-32(39-27)30-31(35)36-19-29(38-30)22-4-1-7-26(16-22)44-15-3-12-41-13-10-21(20-42)11-14-41/h1-2,4-9,16-19,21,42H,3,10-15,20H2,(H2,35,36)(H,37,43)(H,39,40). The van der Waals surface area contributed by atoms with Crippen molar-refractivity contribution in [2.75, 3.05) is 43.9 Å². The summed E-state index contributed by atoms with van der Waals surface area (Å²) >= 11 is 0. The smallest absolute Gasteiger partial charge is 0.255 e. The van der Waals surface area contributed by atoms with Gasteiger partial charge in [-0.2, -0.15) is 0 Å². The van der Waals surface area contributed by atoms with Gasteiger partial charge in [-0.05, 0) is 86.8 Å². The summed E-state index contributed by atoms with van der Waals surface area (Å²) in [5.41, 5.74) is 10.0. The number of aromatic nitrogens is 4. The van der Waals surface area contributed by atoms with E-state index in [2.05, 4.69) is 25.2 Å². The third-order valence-electron chi connectivity index (χ3n) is 7.83. The molecule has 0 saturated carbocycles. The molecule has 10 nitrogen and oxygen atoms in total. The molecule has 1 amide bonds. The van der Waals surface area contributed by atoms with E-state index in [0.717, 1.165) is 50.2 Å². The highest BCUT2D eigenvalue weighted by Crippen LogP contribution is 2.28. The molecule has 5 N–H and O–H groups in total. The molecule has 0 aliphatic carbocycles. The second kappa shape index (κ2) is 13.2. The molecule has 1 aliphatic heterocycles. The topological polar surface area (TPSA) is 142 Å². The highest BCUT2D eigenvalue weighted by Gasteiger charge is 2.18. The number of hydrogen-bond donors (Lipinski definition) is 4. The van der Waals surface area contributed by atoms with Gasteiger partial charge in [-0.1, -0.05) is 18.2 Å². The number of nitrogens with zero attached hydrogens (tertiary/aromatic N) is 4. The van der Waals surface area contributed by atoms with Crippen LogP contribution in [0.25, 0.3) is 33.8 Å². The van der Waals surface area contributed by atoms with Gasteiger partial charge >= 0.3 is 0 Å². The van der Waals surface area contributed by atoms with E-state index < -0.39 is 5.82 Å². The van der Waals surface area contributed by atoms with Crippen LogP contribution in [-0.2, 0) is 0 Å². The molecule has 1 saturated heterocycles. The average Bonchev–Trinajstić information content (AvgIpc) is 3.47. The van der Waals surface area contributed by atoms with E-state index in [1.165, 1.54) is 18.2 Å². The van der Waals surface area contributed by atoms with Crippen molar-refractivity contribution < 1.29 is 19.0 Å². The number of aliphatic hydroxyl groups excluding tert-OH is 1. The fourth-order valence-electron chi connectivity index (χ4n) is 5.36. The highest BCUT2D eigenvalue weighted by molar-refractivity contribution is 6.06. The van der Waals surface area contributed by atoms with Crippen LogP contribution in [0.2, 0.25) is 0 Å². The van der Waals surface area contributed by atoms with E-state index in [4.69, 9.17) is 15.5 Å². The Kier molecular flexibility index (Phi) is 8.76. The van der Waals surface area contributed by atoms with E-state index >= 15 is 0 Å². The summed E-state index contributed by atoms with van der Waals surface area (Å²) in [6.07, 6.45) is 4.63. The average molecular weight is 596 g/mol. The zero-order valence-electron chi connectivity index (χ0n) is 24.2. The van der Waals surface area contributed by atoms with Gasteiger partial charge in [0.1, 0.15) is 17.3 Å². The van der Waals surface area contributed by atoms with Crippen LogP contribution in [0.5, 0.6) is 5.75 Å². The summed E-state index contributed by atoms with van der Waals surface area (Å²) in [6, 6.07) is 18.5. The van der Waals surface area contributed by atoms with Gasteiger partial charge in [0.05, 0.1) is 29.5 Å². The van der Waals surface area contributed by atoms with Crippen molar-refractivity contribution in [3.05, 3.63) is 84.3 Å². The molecular formula is C33H34FN7O3. The summed E-state index contributed by atoms with van der Waals surface area (Å²) in [4.78, 5) is 32.2. The maximum atomic E-state index is 13.5. The van der Waals surface area contributed by atoms with Crippen LogP contribution in [0.4, 0.5) is 15.9 Å². The van der Waals surface area contributed by atoms with Crippen LogP contribution in [0.1, 0.15) is 29.6 Å². The lowest BCUT2D eigenvalue weighted by atomic mass is 9.98. The third kappa shape index (κ3) is 6.85. The molecule has 0 radical (unpaired) electrons. The van der Waals surface area contributed by atoms with E-state index in [9.17, 15) is 14.3 Å². The van der Waals surface area contributed by atoms with Gasteiger partial charge in [0.25, 0.3) is 5.91 Å². The number of nitrogens with two attached hydrogens (primary N) is 1. The molecule has 226 valence electrons. The van der Waals surface area contributed by atoms with Crippen molar-refractivity contribution >= 4 is 28.4 Å². The number of carbonyl (C=O) groups excluding carboxylic acids is 1. The number of aliphatic hydroxyl groups is 1. The zero-order valence-corrected chi connectivity index (χ0v) is 24.2. The number of likely N-dealkylation sites (tertiary alicyclic amines) is 1. The van der Waals surface area contributed by atoms with Crippen LogP contribution >= 0.6 is 0 Å². The van der Waals surface area contributed by atoms with Gasteiger partial charge < -0.3 is 30.8 Å². The number of carbonyl (C=O) groups is 1. The van der Waals surface area contributed by atoms with Crippen molar-refractivity contribution in [3.63, 3.8) is 0 Å². The maximum absolute atomic E-state index is 13.5. The second-order valence-electron chi connectivity index (χ2n) is 11.0. The molecule has 3 heterocycles. The van der Waals surface area contributed by atoms with Gasteiger partial charge in [0.15, 0.2) is 11.6 Å². The van der Waals surface area contributed by atoms with Gasteiger partial charge in [0, 0.05) is 30.0 Å². The summed E-state index contributed by atoms with van der Waals surface area (Å²) in [7, 11) is 0. The van der Waals surface area contributed by atoms with E-state index in [1.54, 1.807) is 30.5 Å². The second-order valence-corrected chi connectivity index (χ2v) is 11.0. The number of benzene rings is 3. The summed E-state index contributed by atoms with van der Waals surface area (Å²) in [5, 5.41) is 12.0. The number of H-pyrrole nitrogens is 1. The number of fused-ring (bicyclic) bond motifs is 1. The number of nitrogen functional groups attached to an aromatic ring is 1. The normalized spacial score (nSPS) is 14.1. The molecule has 6 rings (SSSR count). The third-order valence-corrected chi connectivity index (χ3v) is 7.83. The first-order chi connectivity index (χ1) is 21.4. The van der Waals surface area contributed by atoms with Crippen molar-refractivity contribution in [1.29, 1.82) is 0 Å². The van der Waals surface area contributed by atoms with E-state index in [1.807, 2.05) is 24.3 Å². The summed E-state index contributed by atoms with van der Waals surface area (Å²) in [6.45, 7) is 3.91. The van der Waals surface area contributed by atoms with Crippen molar-refractivity contribution in [1.82, 2.24) is 24.8 Å². The van der Waals surface area contributed by atoms with Crippen LogP contribution in [-0.4, -0.2) is 68.7 Å². The van der Waals surface area contributed by atoms with Crippen molar-refractivity contribution in [2.45, 2.75) is 19.3 Å². The summed E-state index contributed by atoms with van der Waals surface area (Å²) in [5.74, 6) is 1.01. The molecular weight excluding hydrogens is 561 g/mol. The van der Waals surface area contributed by atoms with E-state index in [0.29, 0.717) is 52.0 Å². The fourth-order valence-corrected chi connectivity index (χ4v) is 5.36. The number of imidazole rings is 1. The zero-order chi connectivity index (χ0) is 30.5. The molecule has 0 spiro atoms. The lowest BCUT2D eigenvalue weighted by molar-refractivity contribution is 0.102. The SMILES string of the molecule is Nc1ncc(-c2cccc(OCCCN3CCC(CO)CC3)c2)nc1-c1nc2ccc(C(=O)Nc3cccc(F)c3)cc2[nH]1. The lowest BCUT2D eigenvalue weighted by Gasteiger charge is -2.30. The van der Waals surface area contributed by atoms with Crippen molar-refractivity contribution in [2.24, 2.45) is 5.92 Å². The first-order valence-electron chi connectivity index (χ1n) is 14.7. The first-order valence-corrected chi connectivity index (χ1v) is 14.7. The number of aromatic amines is 1. The predicted octanol–water partition coefficient (Wildman–Crippen LogP) is 5.13. The molecule has 5 aromatic rings. The molecule has 0 unspecified atom stereocenters. The van der Waals surface area contributed by atoms with Gasteiger partial charge in [-0.3, -0.25) is 4.79 Å². The molecule has 3 aromatic carbocycles. The number of halogens is 1. The molecule has 1 fully saturated rings. The predicted molar refractivity (Wildman–Crippen MR) is 168 cm³/mol. The van der Waals surface area contributed by atoms with Gasteiger partial charge in [-0.25, -0.2) is 19.3 Å². The molecule has 1 aliphatic rings. The minimum atomic E-state index is -0.432. The number of hydrogen-bond acceptors (Lipinski definition) is 8. The minimum Gasteiger partial charge on any atom is -0.494 e. The Bertz CT molecular complexity index is 1770. The number of rotatable bonds is 10. The Morgan fingerprint density at radius 3 is 2.75 bits per heavy atom. The van der Waals surface area contributed by atoms with Gasteiger partial charge in [0.2, 0.25) is 0 Å². The minimum absolute atomic E-state index is 0.215. The molecule has 2 aromatic heterocycles. The highest BCUT2D eigenvalue weighted by atomic mass is 19.1. The van der Waals surface area contributed by atoms with Crippen molar-refractivity contribution in [3.8, 4) is 28.5 Å². The molecule has 0 bridgehead atoms. The van der Waals surface area contributed by atoms with E-state index in [-0.39, 0.29) is 18.3 Å². The Balaban J connectivity index is 1.13. The van der Waals surface area contributed by atoms with Crippen LogP contribution in [0.15, 0.2) is 72.9 Å². The first kappa shape index (κ1) is 29.2. The molecule has 0 atom stereocenters. The van der Waals surface area contributed by atoms with Crippen LogP contribution in [0.3, 0.4) is 0 Å². The van der Waals surface area contributed by atoms with Crippen LogP contribution < -0.4 is 15.8 Å².